The number of Topliss-reactive ketones (excluding diaryl/α,β-unsaturated/α-hetero) is 1. The van der Waals surface area contributed by atoms with Gasteiger partial charge in [-0.15, -0.1) is 0 Å². The highest BCUT2D eigenvalue weighted by molar-refractivity contribution is 5.87. The Morgan fingerprint density at radius 3 is 2.46 bits per heavy atom. The Morgan fingerprint density at radius 2 is 1.81 bits per heavy atom. The van der Waals surface area contributed by atoms with E-state index in [0.29, 0.717) is 19.3 Å². The lowest BCUT2D eigenvalue weighted by molar-refractivity contribution is -0.217. The van der Waals surface area contributed by atoms with Crippen molar-refractivity contribution in [3.63, 3.8) is 0 Å². The van der Waals surface area contributed by atoms with Gasteiger partial charge in [0.15, 0.2) is 11.4 Å². The van der Waals surface area contributed by atoms with E-state index in [1.165, 1.54) is 12.5 Å². The smallest absolute Gasteiger partial charge is 0.164 e. The molecule has 0 spiro atoms. The van der Waals surface area contributed by atoms with Gasteiger partial charge in [-0.3, -0.25) is 4.79 Å². The summed E-state index contributed by atoms with van der Waals surface area (Å²) in [6.45, 7) is 5.35. The van der Waals surface area contributed by atoms with Crippen molar-refractivity contribution in [2.24, 2.45) is 22.7 Å². The molecule has 5 nitrogen and oxygen atoms in total. The zero-order valence-electron chi connectivity index (χ0n) is 16.0. The highest BCUT2D eigenvalue weighted by Crippen LogP contribution is 2.68. The maximum atomic E-state index is 12.3. The second-order valence-corrected chi connectivity index (χ2v) is 9.83. The van der Waals surface area contributed by atoms with Crippen LogP contribution in [0, 0.1) is 22.7 Å². The molecule has 26 heavy (non-hydrogen) atoms. The van der Waals surface area contributed by atoms with Crippen LogP contribution in [0.15, 0.2) is 11.6 Å². The molecule has 0 radical (unpaired) electrons. The van der Waals surface area contributed by atoms with E-state index in [0.717, 1.165) is 19.3 Å². The summed E-state index contributed by atoms with van der Waals surface area (Å²) in [5, 5.41) is 43.7. The lowest BCUT2D eigenvalue weighted by Crippen LogP contribution is -2.66. The fraction of sp³-hybridized carbons (Fsp3) is 0.857. The van der Waals surface area contributed by atoms with E-state index in [4.69, 9.17) is 0 Å². The predicted octanol–water partition coefficient (Wildman–Crippen LogP) is 1.72. The molecule has 3 saturated carbocycles. The molecule has 8 atom stereocenters. The largest absolute Gasteiger partial charge is 0.393 e. The van der Waals surface area contributed by atoms with E-state index in [1.54, 1.807) is 6.92 Å². The van der Waals surface area contributed by atoms with Gasteiger partial charge in [-0.1, -0.05) is 25.5 Å². The number of carbonyl (C=O) groups is 1. The van der Waals surface area contributed by atoms with E-state index in [-0.39, 0.29) is 29.8 Å². The molecule has 0 amide bonds. The van der Waals surface area contributed by atoms with Gasteiger partial charge < -0.3 is 20.4 Å². The standard InChI is InChI=1S/C21H32O5/c1-12(22)21(26)17(24)11-20(25)16-5-4-13-10-14(23)6-8-18(13,2)15(16)7-9-19(20,21)3/h4,14-17,23-26H,5-11H2,1-3H3/t14-,15-,16+,17+,18-,19-,20-,21-/m0/s1. The molecule has 4 aliphatic carbocycles. The summed E-state index contributed by atoms with van der Waals surface area (Å²) < 4.78 is 0. The number of hydrogen-bond donors (Lipinski definition) is 4. The lowest BCUT2D eigenvalue weighted by Gasteiger charge is -2.61. The first-order valence-corrected chi connectivity index (χ1v) is 10.0. The Bertz CT molecular complexity index is 673. The summed E-state index contributed by atoms with van der Waals surface area (Å²) >= 11 is 0. The minimum absolute atomic E-state index is 0.0443. The van der Waals surface area contributed by atoms with Crippen LogP contribution in [0.5, 0.6) is 0 Å². The van der Waals surface area contributed by atoms with Gasteiger partial charge >= 0.3 is 0 Å². The van der Waals surface area contributed by atoms with Crippen molar-refractivity contribution in [3.8, 4) is 0 Å². The minimum atomic E-state index is -1.89. The maximum Gasteiger partial charge on any atom is 0.164 e. The van der Waals surface area contributed by atoms with Crippen LogP contribution in [0.1, 0.15) is 65.7 Å². The van der Waals surface area contributed by atoms with Gasteiger partial charge in [-0.25, -0.2) is 0 Å². The Balaban J connectivity index is 1.78. The number of aliphatic hydroxyl groups excluding tert-OH is 2. The van der Waals surface area contributed by atoms with Crippen LogP contribution in [0.25, 0.3) is 0 Å². The lowest BCUT2D eigenvalue weighted by atomic mass is 9.45. The van der Waals surface area contributed by atoms with Gasteiger partial charge in [0.25, 0.3) is 0 Å². The third-order valence-corrected chi connectivity index (χ3v) is 9.00. The number of fused-ring (bicyclic) bond motifs is 5. The third kappa shape index (κ3) is 1.93. The monoisotopic (exact) mass is 364 g/mol. The molecular formula is C21H32O5. The van der Waals surface area contributed by atoms with Crippen molar-refractivity contribution in [1.29, 1.82) is 0 Å². The second-order valence-electron chi connectivity index (χ2n) is 9.83. The van der Waals surface area contributed by atoms with Gasteiger partial charge in [0.2, 0.25) is 0 Å². The van der Waals surface area contributed by atoms with E-state index in [9.17, 15) is 25.2 Å². The van der Waals surface area contributed by atoms with Crippen molar-refractivity contribution in [2.75, 3.05) is 0 Å². The second kappa shape index (κ2) is 5.40. The minimum Gasteiger partial charge on any atom is -0.393 e. The topological polar surface area (TPSA) is 98.0 Å². The molecule has 0 aromatic rings. The van der Waals surface area contributed by atoms with Crippen molar-refractivity contribution in [3.05, 3.63) is 11.6 Å². The molecule has 0 aromatic carbocycles. The maximum absolute atomic E-state index is 12.3. The van der Waals surface area contributed by atoms with Gasteiger partial charge in [-0.05, 0) is 62.7 Å². The Labute approximate surface area is 155 Å². The molecule has 4 rings (SSSR count). The Hall–Kier alpha value is -0.750. The molecule has 0 unspecified atom stereocenters. The number of carbonyl (C=O) groups excluding carboxylic acids is 1. The summed E-state index contributed by atoms with van der Waals surface area (Å²) in [5.74, 6) is -0.302. The fourth-order valence-electron chi connectivity index (χ4n) is 7.28. The molecule has 0 saturated heterocycles. The molecule has 4 N–H and O–H groups in total. The number of allylic oxidation sites excluding steroid dienone is 1. The van der Waals surface area contributed by atoms with Crippen molar-refractivity contribution < 1.29 is 25.2 Å². The average Bonchev–Trinajstić information content (AvgIpc) is 2.73. The first kappa shape index (κ1) is 18.6. The number of aliphatic hydroxyl groups is 4. The molecule has 0 heterocycles. The number of hydrogen-bond acceptors (Lipinski definition) is 5. The Morgan fingerprint density at radius 1 is 1.12 bits per heavy atom. The molecule has 146 valence electrons. The molecule has 0 aliphatic heterocycles. The number of rotatable bonds is 1. The zero-order valence-corrected chi connectivity index (χ0v) is 16.0. The summed E-state index contributed by atoms with van der Waals surface area (Å²) in [7, 11) is 0. The van der Waals surface area contributed by atoms with Gasteiger partial charge in [-0.2, -0.15) is 0 Å². The zero-order chi connectivity index (χ0) is 19.1. The summed E-state index contributed by atoms with van der Waals surface area (Å²) in [4.78, 5) is 12.3. The number of ketones is 1. The van der Waals surface area contributed by atoms with E-state index < -0.39 is 28.5 Å². The van der Waals surface area contributed by atoms with Crippen molar-refractivity contribution in [1.82, 2.24) is 0 Å². The molecule has 5 heteroatoms. The van der Waals surface area contributed by atoms with Crippen LogP contribution in [-0.2, 0) is 4.79 Å². The fourth-order valence-corrected chi connectivity index (χ4v) is 7.28. The quantitative estimate of drug-likeness (QED) is 0.531. The summed E-state index contributed by atoms with van der Waals surface area (Å²) in [5.41, 5.74) is -2.95. The summed E-state index contributed by atoms with van der Waals surface area (Å²) in [6, 6.07) is 0. The normalized spacial score (nSPS) is 56.2. The van der Waals surface area contributed by atoms with Crippen molar-refractivity contribution in [2.45, 2.75) is 89.1 Å². The average molecular weight is 364 g/mol. The Kier molecular flexibility index (Phi) is 3.87. The SMILES string of the molecule is CC(=O)[C@]1(O)[C@H](O)C[C@]2(O)[C@@H]3CC=C4C[C@@H](O)CC[C@]4(C)[C@H]3CC[C@@]21C. The highest BCUT2D eigenvalue weighted by Gasteiger charge is 2.75. The molecule has 4 aliphatic rings. The van der Waals surface area contributed by atoms with E-state index in [1.807, 2.05) is 0 Å². The molecule has 0 bridgehead atoms. The van der Waals surface area contributed by atoms with Gasteiger partial charge in [0.05, 0.1) is 17.8 Å². The molecule has 0 aromatic heterocycles. The third-order valence-electron chi connectivity index (χ3n) is 9.00. The van der Waals surface area contributed by atoms with Gasteiger partial charge in [0, 0.05) is 11.8 Å². The van der Waals surface area contributed by atoms with Crippen LogP contribution < -0.4 is 0 Å². The summed E-state index contributed by atoms with van der Waals surface area (Å²) in [6.07, 6.45) is 5.08. The first-order valence-electron chi connectivity index (χ1n) is 10.0. The van der Waals surface area contributed by atoms with Crippen LogP contribution in [0.2, 0.25) is 0 Å². The van der Waals surface area contributed by atoms with Crippen molar-refractivity contribution >= 4 is 5.78 Å². The van der Waals surface area contributed by atoms with Crippen LogP contribution in [0.3, 0.4) is 0 Å². The van der Waals surface area contributed by atoms with Gasteiger partial charge in [0.1, 0.15) is 0 Å². The highest BCUT2D eigenvalue weighted by atomic mass is 16.4. The first-order chi connectivity index (χ1) is 12.0. The van der Waals surface area contributed by atoms with Crippen LogP contribution >= 0.6 is 0 Å². The molecular weight excluding hydrogens is 332 g/mol. The molecule has 3 fully saturated rings. The van der Waals surface area contributed by atoms with Crippen LogP contribution in [0.4, 0.5) is 0 Å². The van der Waals surface area contributed by atoms with E-state index >= 15 is 0 Å². The van der Waals surface area contributed by atoms with Crippen LogP contribution in [-0.4, -0.2) is 49.6 Å². The van der Waals surface area contributed by atoms with E-state index in [2.05, 4.69) is 13.0 Å². The predicted molar refractivity (Wildman–Crippen MR) is 96.2 cm³/mol.